The molecular formula is C18H22N2O5. The van der Waals surface area contributed by atoms with E-state index in [1.54, 1.807) is 6.92 Å². The number of likely N-dealkylation sites (N-methyl/N-ethyl adjacent to an activating group) is 1. The molecule has 1 aromatic carbocycles. The number of fused-ring (bicyclic) bond motifs is 1. The molecule has 25 heavy (non-hydrogen) atoms. The Labute approximate surface area is 145 Å². The first-order valence-electron chi connectivity index (χ1n) is 8.07. The molecule has 134 valence electrons. The molecule has 0 aliphatic rings. The zero-order valence-corrected chi connectivity index (χ0v) is 14.6. The molecule has 0 aliphatic heterocycles. The lowest BCUT2D eigenvalue weighted by atomic mass is 10.0. The number of benzene rings is 1. The summed E-state index contributed by atoms with van der Waals surface area (Å²) in [5.41, 5.74) is 3.64. The summed E-state index contributed by atoms with van der Waals surface area (Å²) in [7, 11) is 0. The van der Waals surface area contributed by atoms with Crippen molar-refractivity contribution in [1.29, 1.82) is 0 Å². The molecule has 0 saturated heterocycles. The SMILES string of the molecule is CCNC(=O)CNC(=O)COC(=O)Cc1coc2cc(C)c(C)cc12. The van der Waals surface area contributed by atoms with Gasteiger partial charge in [-0.15, -0.1) is 0 Å². The summed E-state index contributed by atoms with van der Waals surface area (Å²) in [4.78, 5) is 34.7. The van der Waals surface area contributed by atoms with E-state index in [0.29, 0.717) is 17.7 Å². The fourth-order valence-electron chi connectivity index (χ4n) is 2.32. The molecule has 0 atom stereocenters. The van der Waals surface area contributed by atoms with E-state index in [2.05, 4.69) is 10.6 Å². The maximum Gasteiger partial charge on any atom is 0.310 e. The van der Waals surface area contributed by atoms with Crippen LogP contribution in [0.2, 0.25) is 0 Å². The lowest BCUT2D eigenvalue weighted by Gasteiger charge is -2.06. The largest absolute Gasteiger partial charge is 0.464 e. The molecule has 1 heterocycles. The van der Waals surface area contributed by atoms with Crippen molar-refractivity contribution in [3.8, 4) is 0 Å². The quantitative estimate of drug-likeness (QED) is 0.738. The first kappa shape index (κ1) is 18.5. The van der Waals surface area contributed by atoms with Crippen molar-refractivity contribution in [2.45, 2.75) is 27.2 Å². The fraction of sp³-hybridized carbons (Fsp3) is 0.389. The monoisotopic (exact) mass is 346 g/mol. The van der Waals surface area contributed by atoms with Crippen LogP contribution in [0, 0.1) is 13.8 Å². The normalized spacial score (nSPS) is 10.5. The highest BCUT2D eigenvalue weighted by molar-refractivity contribution is 5.88. The number of rotatable bonds is 7. The molecule has 0 bridgehead atoms. The minimum Gasteiger partial charge on any atom is -0.464 e. The van der Waals surface area contributed by atoms with E-state index < -0.39 is 18.5 Å². The second-order valence-corrected chi connectivity index (χ2v) is 5.76. The Balaban J connectivity index is 1.85. The van der Waals surface area contributed by atoms with Crippen LogP contribution in [-0.2, 0) is 25.5 Å². The number of nitrogens with one attached hydrogen (secondary N) is 2. The molecule has 0 unspecified atom stereocenters. The maximum atomic E-state index is 11.9. The third-order valence-electron chi connectivity index (χ3n) is 3.79. The van der Waals surface area contributed by atoms with Crippen LogP contribution in [0.1, 0.15) is 23.6 Å². The van der Waals surface area contributed by atoms with Gasteiger partial charge < -0.3 is 19.8 Å². The number of furan rings is 1. The minimum atomic E-state index is -0.533. The molecule has 0 radical (unpaired) electrons. The van der Waals surface area contributed by atoms with E-state index in [-0.39, 0.29) is 18.9 Å². The van der Waals surface area contributed by atoms with E-state index in [0.717, 1.165) is 16.5 Å². The molecule has 7 nitrogen and oxygen atoms in total. The third kappa shape index (κ3) is 5.07. The van der Waals surface area contributed by atoms with Crippen LogP contribution in [0.25, 0.3) is 11.0 Å². The molecule has 1 aromatic heterocycles. The summed E-state index contributed by atoms with van der Waals surface area (Å²) in [6.07, 6.45) is 1.54. The predicted molar refractivity (Wildman–Crippen MR) is 92.0 cm³/mol. The molecular weight excluding hydrogens is 324 g/mol. The van der Waals surface area contributed by atoms with Crippen molar-refractivity contribution in [3.05, 3.63) is 35.1 Å². The topological polar surface area (TPSA) is 97.6 Å². The van der Waals surface area contributed by atoms with E-state index >= 15 is 0 Å². The van der Waals surface area contributed by atoms with E-state index in [1.807, 2.05) is 26.0 Å². The van der Waals surface area contributed by atoms with Crippen molar-refractivity contribution in [2.24, 2.45) is 0 Å². The summed E-state index contributed by atoms with van der Waals surface area (Å²) in [5, 5.41) is 5.79. The van der Waals surface area contributed by atoms with Crippen molar-refractivity contribution < 1.29 is 23.5 Å². The molecule has 0 spiro atoms. The van der Waals surface area contributed by atoms with Gasteiger partial charge in [0.25, 0.3) is 5.91 Å². The smallest absolute Gasteiger partial charge is 0.310 e. The van der Waals surface area contributed by atoms with Crippen LogP contribution in [-0.4, -0.2) is 37.5 Å². The average Bonchev–Trinajstić information content (AvgIpc) is 2.93. The van der Waals surface area contributed by atoms with Gasteiger partial charge in [0.2, 0.25) is 5.91 Å². The Morgan fingerprint density at radius 3 is 2.52 bits per heavy atom. The molecule has 0 fully saturated rings. The zero-order valence-electron chi connectivity index (χ0n) is 14.6. The van der Waals surface area contributed by atoms with Crippen LogP contribution in [0.15, 0.2) is 22.8 Å². The minimum absolute atomic E-state index is 0.0130. The number of carbonyl (C=O) groups excluding carboxylic acids is 3. The van der Waals surface area contributed by atoms with Gasteiger partial charge in [-0.05, 0) is 44.0 Å². The van der Waals surface area contributed by atoms with Crippen molar-refractivity contribution in [2.75, 3.05) is 19.7 Å². The number of hydrogen-bond acceptors (Lipinski definition) is 5. The second-order valence-electron chi connectivity index (χ2n) is 5.76. The first-order chi connectivity index (χ1) is 11.9. The Hall–Kier alpha value is -2.83. The maximum absolute atomic E-state index is 11.9. The highest BCUT2D eigenvalue weighted by Crippen LogP contribution is 2.25. The Morgan fingerprint density at radius 2 is 1.80 bits per heavy atom. The zero-order chi connectivity index (χ0) is 18.4. The number of aryl methyl sites for hydroxylation is 2. The van der Waals surface area contributed by atoms with Crippen LogP contribution in [0.4, 0.5) is 0 Å². The number of amides is 2. The standard InChI is InChI=1S/C18H22N2O5/c1-4-19-16(21)8-20-17(22)10-25-18(23)7-13-9-24-15-6-12(3)11(2)5-14(13)15/h5-6,9H,4,7-8,10H2,1-3H3,(H,19,21)(H,20,22). The third-order valence-corrected chi connectivity index (χ3v) is 3.79. The lowest BCUT2D eigenvalue weighted by molar-refractivity contribution is -0.147. The van der Waals surface area contributed by atoms with Gasteiger partial charge in [-0.1, -0.05) is 0 Å². The van der Waals surface area contributed by atoms with Crippen LogP contribution >= 0.6 is 0 Å². The fourth-order valence-corrected chi connectivity index (χ4v) is 2.32. The molecule has 0 saturated carbocycles. The van der Waals surface area contributed by atoms with E-state index in [4.69, 9.17) is 9.15 Å². The van der Waals surface area contributed by atoms with Gasteiger partial charge in [0.05, 0.1) is 19.2 Å². The number of ether oxygens (including phenoxy) is 1. The predicted octanol–water partition coefficient (Wildman–Crippen LogP) is 1.39. The van der Waals surface area contributed by atoms with Crippen LogP contribution in [0.5, 0.6) is 0 Å². The summed E-state index contributed by atoms with van der Waals surface area (Å²) >= 11 is 0. The summed E-state index contributed by atoms with van der Waals surface area (Å²) in [5.74, 6) is -1.35. The van der Waals surface area contributed by atoms with Crippen molar-refractivity contribution in [1.82, 2.24) is 10.6 Å². The van der Waals surface area contributed by atoms with Gasteiger partial charge in [-0.25, -0.2) is 0 Å². The molecule has 2 aromatic rings. The summed E-state index contributed by atoms with van der Waals surface area (Å²) in [6, 6.07) is 3.89. The second kappa shape index (κ2) is 8.32. The van der Waals surface area contributed by atoms with E-state index in [1.165, 1.54) is 6.26 Å². The lowest BCUT2D eigenvalue weighted by Crippen LogP contribution is -2.38. The highest BCUT2D eigenvalue weighted by atomic mass is 16.5. The first-order valence-corrected chi connectivity index (χ1v) is 8.07. The molecule has 0 aliphatic carbocycles. The highest BCUT2D eigenvalue weighted by Gasteiger charge is 2.14. The summed E-state index contributed by atoms with van der Waals surface area (Å²) in [6.45, 7) is 5.68. The molecule has 2 rings (SSSR count). The van der Waals surface area contributed by atoms with Gasteiger partial charge in [-0.3, -0.25) is 14.4 Å². The average molecular weight is 346 g/mol. The van der Waals surface area contributed by atoms with Gasteiger partial charge in [-0.2, -0.15) is 0 Å². The van der Waals surface area contributed by atoms with Gasteiger partial charge in [0, 0.05) is 17.5 Å². The van der Waals surface area contributed by atoms with Crippen molar-refractivity contribution in [3.63, 3.8) is 0 Å². The van der Waals surface area contributed by atoms with Gasteiger partial charge >= 0.3 is 5.97 Å². The number of esters is 1. The van der Waals surface area contributed by atoms with E-state index in [9.17, 15) is 14.4 Å². The molecule has 7 heteroatoms. The van der Waals surface area contributed by atoms with Gasteiger partial charge in [0.1, 0.15) is 5.58 Å². The number of carbonyl (C=O) groups is 3. The summed E-state index contributed by atoms with van der Waals surface area (Å²) < 4.78 is 10.4. The Morgan fingerprint density at radius 1 is 1.08 bits per heavy atom. The molecule has 2 N–H and O–H groups in total. The Bertz CT molecular complexity index is 794. The van der Waals surface area contributed by atoms with Crippen LogP contribution < -0.4 is 10.6 Å². The molecule has 2 amide bonds. The number of hydrogen-bond donors (Lipinski definition) is 2. The van der Waals surface area contributed by atoms with Crippen LogP contribution in [0.3, 0.4) is 0 Å². The van der Waals surface area contributed by atoms with Crippen molar-refractivity contribution >= 4 is 28.8 Å². The van der Waals surface area contributed by atoms with Gasteiger partial charge in [0.15, 0.2) is 6.61 Å². The Kier molecular flexibility index (Phi) is 6.16.